The lowest BCUT2D eigenvalue weighted by Crippen LogP contribution is -2.54. The normalized spacial score (nSPS) is 31.9. The average molecular weight is 350 g/mol. The molecule has 2 aliphatic heterocycles. The van der Waals surface area contributed by atoms with Gasteiger partial charge in [0.05, 0.1) is 0 Å². The van der Waals surface area contributed by atoms with Gasteiger partial charge in [-0.3, -0.25) is 14.5 Å². The van der Waals surface area contributed by atoms with Crippen molar-refractivity contribution in [3.63, 3.8) is 0 Å². The highest BCUT2D eigenvalue weighted by atomic mass is 16.2. The predicted molar refractivity (Wildman–Crippen MR) is 93.8 cm³/mol. The fourth-order valence-corrected chi connectivity index (χ4v) is 4.36. The maximum atomic E-state index is 12.9. The maximum absolute atomic E-state index is 12.9. The third-order valence-electron chi connectivity index (χ3n) is 6.33. The summed E-state index contributed by atoms with van der Waals surface area (Å²) in [7, 11) is 0. The van der Waals surface area contributed by atoms with Crippen molar-refractivity contribution >= 4 is 17.8 Å². The fourth-order valence-electron chi connectivity index (χ4n) is 4.36. The summed E-state index contributed by atoms with van der Waals surface area (Å²) >= 11 is 0. The van der Waals surface area contributed by atoms with Crippen molar-refractivity contribution in [3.05, 3.63) is 0 Å². The Labute approximate surface area is 149 Å². The number of nitrogens with zero attached hydrogens (tertiary/aromatic N) is 1. The van der Waals surface area contributed by atoms with Gasteiger partial charge in [-0.25, -0.2) is 4.79 Å². The molecule has 0 radical (unpaired) electrons. The molecule has 3 rings (SSSR count). The van der Waals surface area contributed by atoms with Crippen LogP contribution in [0.1, 0.15) is 52.4 Å². The predicted octanol–water partition coefficient (Wildman–Crippen LogP) is 0.993. The van der Waals surface area contributed by atoms with Gasteiger partial charge in [0.15, 0.2) is 0 Å². The second-order valence-electron chi connectivity index (χ2n) is 8.28. The Morgan fingerprint density at radius 1 is 1.24 bits per heavy atom. The zero-order valence-corrected chi connectivity index (χ0v) is 15.3. The highest BCUT2D eigenvalue weighted by molar-refractivity contribution is 6.09. The van der Waals surface area contributed by atoms with Crippen LogP contribution in [0.25, 0.3) is 0 Å². The lowest BCUT2D eigenvalue weighted by molar-refractivity contribution is -0.137. The second-order valence-corrected chi connectivity index (χ2v) is 8.28. The van der Waals surface area contributed by atoms with Crippen molar-refractivity contribution in [3.8, 4) is 0 Å². The Kier molecular flexibility index (Phi) is 5.04. The third kappa shape index (κ3) is 3.52. The van der Waals surface area contributed by atoms with Crippen LogP contribution in [0, 0.1) is 11.3 Å². The van der Waals surface area contributed by atoms with Gasteiger partial charge in [0.25, 0.3) is 5.91 Å². The average Bonchev–Trinajstić information content (AvgIpc) is 2.82. The SMILES string of the molecule is CC1CCCCC12NC(=O)N(CC(=O)NCC1(C)CCNCC1)C2=O. The van der Waals surface area contributed by atoms with Crippen LogP contribution in [0.5, 0.6) is 0 Å². The Bertz CT molecular complexity index is 559. The zero-order valence-electron chi connectivity index (χ0n) is 15.3. The van der Waals surface area contributed by atoms with Crippen LogP contribution in [0.2, 0.25) is 0 Å². The molecule has 0 bridgehead atoms. The summed E-state index contributed by atoms with van der Waals surface area (Å²) < 4.78 is 0. The van der Waals surface area contributed by atoms with Crippen LogP contribution in [-0.4, -0.2) is 54.5 Å². The standard InChI is InChI=1S/C18H30N4O3/c1-13-5-3-4-6-18(13)15(24)22(16(25)21-18)11-14(23)20-12-17(2)7-9-19-10-8-17/h13,19H,3-12H2,1-2H3,(H,20,23)(H,21,25). The molecule has 7 heteroatoms. The van der Waals surface area contributed by atoms with Gasteiger partial charge < -0.3 is 16.0 Å². The molecule has 7 nitrogen and oxygen atoms in total. The molecule has 0 aromatic rings. The molecule has 1 spiro atoms. The number of urea groups is 1. The summed E-state index contributed by atoms with van der Waals surface area (Å²) in [5.41, 5.74) is -0.714. The molecule has 2 saturated heterocycles. The van der Waals surface area contributed by atoms with E-state index in [1.165, 1.54) is 0 Å². The number of piperidine rings is 1. The summed E-state index contributed by atoms with van der Waals surface area (Å²) in [4.78, 5) is 38.6. The molecule has 0 aromatic heterocycles. The lowest BCUT2D eigenvalue weighted by Gasteiger charge is -2.36. The monoisotopic (exact) mass is 350 g/mol. The van der Waals surface area contributed by atoms with E-state index in [0.717, 1.165) is 50.1 Å². The maximum Gasteiger partial charge on any atom is 0.325 e. The van der Waals surface area contributed by atoms with Crippen LogP contribution < -0.4 is 16.0 Å². The minimum atomic E-state index is -0.795. The van der Waals surface area contributed by atoms with E-state index in [2.05, 4.69) is 22.9 Å². The molecule has 2 heterocycles. The molecule has 3 N–H and O–H groups in total. The quantitative estimate of drug-likeness (QED) is 0.660. The molecule has 3 fully saturated rings. The van der Waals surface area contributed by atoms with Crippen molar-refractivity contribution in [1.82, 2.24) is 20.9 Å². The number of rotatable bonds is 4. The highest BCUT2D eigenvalue weighted by Gasteiger charge is 2.55. The first-order valence-corrected chi connectivity index (χ1v) is 9.48. The van der Waals surface area contributed by atoms with E-state index in [1.807, 2.05) is 6.92 Å². The number of hydrogen-bond donors (Lipinski definition) is 3. The molecular weight excluding hydrogens is 320 g/mol. The molecule has 25 heavy (non-hydrogen) atoms. The van der Waals surface area contributed by atoms with Gasteiger partial charge in [-0.2, -0.15) is 0 Å². The summed E-state index contributed by atoms with van der Waals surface area (Å²) in [5, 5.41) is 9.13. The molecule has 140 valence electrons. The summed E-state index contributed by atoms with van der Waals surface area (Å²) in [6, 6.07) is -0.429. The van der Waals surface area contributed by atoms with E-state index in [-0.39, 0.29) is 29.7 Å². The van der Waals surface area contributed by atoms with Gasteiger partial charge in [0.1, 0.15) is 12.1 Å². The fraction of sp³-hybridized carbons (Fsp3) is 0.833. The Hall–Kier alpha value is -1.63. The summed E-state index contributed by atoms with van der Waals surface area (Å²) in [6.45, 7) is 6.49. The molecule has 4 amide bonds. The van der Waals surface area contributed by atoms with E-state index in [1.54, 1.807) is 0 Å². The van der Waals surface area contributed by atoms with Crippen LogP contribution >= 0.6 is 0 Å². The summed E-state index contributed by atoms with van der Waals surface area (Å²) in [5.74, 6) is -0.379. The molecule has 1 aliphatic carbocycles. The number of nitrogens with one attached hydrogen (secondary N) is 3. The van der Waals surface area contributed by atoms with Gasteiger partial charge in [0.2, 0.25) is 5.91 Å². The van der Waals surface area contributed by atoms with E-state index >= 15 is 0 Å². The van der Waals surface area contributed by atoms with E-state index < -0.39 is 11.6 Å². The first-order valence-electron chi connectivity index (χ1n) is 9.48. The molecule has 3 aliphatic rings. The molecule has 2 atom stereocenters. The topological polar surface area (TPSA) is 90.5 Å². The van der Waals surface area contributed by atoms with Crippen LogP contribution in [0.15, 0.2) is 0 Å². The number of imide groups is 1. The van der Waals surface area contributed by atoms with Crippen molar-refractivity contribution < 1.29 is 14.4 Å². The second kappa shape index (κ2) is 6.94. The van der Waals surface area contributed by atoms with Crippen LogP contribution in [0.4, 0.5) is 4.79 Å². The van der Waals surface area contributed by atoms with Gasteiger partial charge in [0, 0.05) is 6.54 Å². The van der Waals surface area contributed by atoms with Crippen molar-refractivity contribution in [2.24, 2.45) is 11.3 Å². The number of carbonyl (C=O) groups excluding carboxylic acids is 3. The van der Waals surface area contributed by atoms with Gasteiger partial charge in [-0.05, 0) is 50.1 Å². The lowest BCUT2D eigenvalue weighted by atomic mass is 9.73. The molecule has 1 saturated carbocycles. The van der Waals surface area contributed by atoms with Crippen LogP contribution in [0.3, 0.4) is 0 Å². The Balaban J connectivity index is 1.57. The minimum absolute atomic E-state index is 0.0806. The summed E-state index contributed by atoms with van der Waals surface area (Å²) in [6.07, 6.45) is 5.64. The minimum Gasteiger partial charge on any atom is -0.354 e. The number of carbonyl (C=O) groups is 3. The van der Waals surface area contributed by atoms with Crippen molar-refractivity contribution in [2.75, 3.05) is 26.2 Å². The van der Waals surface area contributed by atoms with Crippen LogP contribution in [-0.2, 0) is 9.59 Å². The Morgan fingerprint density at radius 3 is 2.64 bits per heavy atom. The largest absolute Gasteiger partial charge is 0.354 e. The third-order valence-corrected chi connectivity index (χ3v) is 6.33. The van der Waals surface area contributed by atoms with Crippen molar-refractivity contribution in [2.45, 2.75) is 57.9 Å². The smallest absolute Gasteiger partial charge is 0.325 e. The number of hydrogen-bond acceptors (Lipinski definition) is 4. The molecular formula is C18H30N4O3. The van der Waals surface area contributed by atoms with Crippen molar-refractivity contribution in [1.29, 1.82) is 0 Å². The van der Waals surface area contributed by atoms with E-state index in [9.17, 15) is 14.4 Å². The first kappa shape index (κ1) is 18.2. The van der Waals surface area contributed by atoms with Gasteiger partial charge in [-0.15, -0.1) is 0 Å². The van der Waals surface area contributed by atoms with Gasteiger partial charge in [-0.1, -0.05) is 26.7 Å². The zero-order chi connectivity index (χ0) is 18.1. The molecule has 2 unspecified atom stereocenters. The molecule has 0 aromatic carbocycles. The number of amides is 4. The highest BCUT2D eigenvalue weighted by Crippen LogP contribution is 2.38. The first-order chi connectivity index (χ1) is 11.9. The van der Waals surface area contributed by atoms with E-state index in [4.69, 9.17) is 0 Å². The van der Waals surface area contributed by atoms with Gasteiger partial charge >= 0.3 is 6.03 Å². The Morgan fingerprint density at radius 2 is 1.96 bits per heavy atom. The van der Waals surface area contributed by atoms with E-state index in [0.29, 0.717) is 13.0 Å².